The van der Waals surface area contributed by atoms with Crippen molar-refractivity contribution in [3.8, 4) is 11.5 Å². The zero-order valence-electron chi connectivity index (χ0n) is 8.37. The van der Waals surface area contributed by atoms with Gasteiger partial charge >= 0.3 is 29.6 Å². The fraction of sp³-hybridized carbons (Fsp3) is 0.222. The maximum Gasteiger partial charge on any atom is 1.00 e. The summed E-state index contributed by atoms with van der Waals surface area (Å²) in [5.74, 6) is -0.485. The first kappa shape index (κ1) is 13.3. The maximum absolute atomic E-state index is 10.5. The van der Waals surface area contributed by atoms with Crippen molar-refractivity contribution in [1.29, 1.82) is 0 Å². The van der Waals surface area contributed by atoms with Crippen molar-refractivity contribution in [3.63, 3.8) is 0 Å². The molecule has 1 rings (SSSR count). The smallest absolute Gasteiger partial charge is 0.545 e. The van der Waals surface area contributed by atoms with Gasteiger partial charge in [-0.05, 0) is 12.1 Å². The van der Waals surface area contributed by atoms with Gasteiger partial charge in [-0.2, -0.15) is 0 Å². The number of carbonyl (C=O) groups excluding carboxylic acids is 1. The van der Waals surface area contributed by atoms with Gasteiger partial charge in [-0.1, -0.05) is 0 Å². The largest absolute Gasteiger partial charge is 1.00 e. The van der Waals surface area contributed by atoms with Crippen molar-refractivity contribution < 1.29 is 48.9 Å². The van der Waals surface area contributed by atoms with Gasteiger partial charge in [0.2, 0.25) is 0 Å². The van der Waals surface area contributed by atoms with E-state index in [4.69, 9.17) is 9.47 Å². The molecule has 0 spiro atoms. The summed E-state index contributed by atoms with van der Waals surface area (Å²) in [6.45, 7) is 0. The SMILES string of the molecule is COc1ccc(C(=O)[O-])c(OC)c1.[Na+]. The molecule has 1 aromatic carbocycles. The van der Waals surface area contributed by atoms with E-state index in [0.717, 1.165) is 0 Å². The van der Waals surface area contributed by atoms with E-state index in [-0.39, 0.29) is 40.9 Å². The van der Waals surface area contributed by atoms with Crippen LogP contribution in [0.5, 0.6) is 11.5 Å². The second-order valence-corrected chi connectivity index (χ2v) is 2.35. The molecule has 70 valence electrons. The molecule has 0 aliphatic rings. The van der Waals surface area contributed by atoms with Gasteiger partial charge in [-0.15, -0.1) is 0 Å². The number of carboxylic acids is 1. The first-order chi connectivity index (χ1) is 6.19. The van der Waals surface area contributed by atoms with E-state index >= 15 is 0 Å². The molecule has 1 aromatic rings. The molecule has 5 heteroatoms. The van der Waals surface area contributed by atoms with Gasteiger partial charge in [-0.25, -0.2) is 0 Å². The number of methoxy groups -OCH3 is 2. The molecular formula is C9H9NaO4. The van der Waals surface area contributed by atoms with E-state index in [2.05, 4.69) is 0 Å². The molecule has 0 N–H and O–H groups in total. The van der Waals surface area contributed by atoms with Gasteiger partial charge in [0.25, 0.3) is 0 Å². The van der Waals surface area contributed by atoms with Crippen LogP contribution in [0.1, 0.15) is 10.4 Å². The Morgan fingerprint density at radius 3 is 2.36 bits per heavy atom. The monoisotopic (exact) mass is 204 g/mol. The number of carbonyl (C=O) groups is 1. The second kappa shape index (κ2) is 5.90. The molecule has 0 bridgehead atoms. The van der Waals surface area contributed by atoms with Crippen molar-refractivity contribution in [2.75, 3.05) is 14.2 Å². The van der Waals surface area contributed by atoms with Crippen molar-refractivity contribution in [1.82, 2.24) is 0 Å². The molecular weight excluding hydrogens is 195 g/mol. The van der Waals surface area contributed by atoms with Crippen LogP contribution >= 0.6 is 0 Å². The van der Waals surface area contributed by atoms with Crippen LogP contribution in [-0.4, -0.2) is 20.2 Å². The van der Waals surface area contributed by atoms with Gasteiger partial charge in [0, 0.05) is 11.6 Å². The van der Waals surface area contributed by atoms with Gasteiger partial charge in [0.05, 0.1) is 20.2 Å². The van der Waals surface area contributed by atoms with E-state index in [0.29, 0.717) is 5.75 Å². The van der Waals surface area contributed by atoms with Crippen LogP contribution in [0, 0.1) is 0 Å². The standard InChI is InChI=1S/C9H10O4.Na/c1-12-6-3-4-7(9(10)11)8(5-6)13-2;/h3-5H,1-2H3,(H,10,11);/q;+1/p-1. The van der Waals surface area contributed by atoms with E-state index in [9.17, 15) is 9.90 Å². The van der Waals surface area contributed by atoms with Crippen molar-refractivity contribution in [2.24, 2.45) is 0 Å². The molecule has 0 aliphatic heterocycles. The molecule has 0 amide bonds. The molecule has 0 heterocycles. The number of hydrogen-bond acceptors (Lipinski definition) is 4. The minimum absolute atomic E-state index is 0. The van der Waals surface area contributed by atoms with Gasteiger partial charge < -0.3 is 19.4 Å². The molecule has 0 saturated heterocycles. The minimum Gasteiger partial charge on any atom is -0.545 e. The van der Waals surface area contributed by atoms with E-state index in [1.54, 1.807) is 0 Å². The third-order valence-corrected chi connectivity index (χ3v) is 1.63. The zero-order valence-corrected chi connectivity index (χ0v) is 10.4. The van der Waals surface area contributed by atoms with Gasteiger partial charge in [0.1, 0.15) is 11.5 Å². The predicted octanol–water partition coefficient (Wildman–Crippen LogP) is -2.93. The molecule has 4 nitrogen and oxygen atoms in total. The first-order valence-corrected chi connectivity index (χ1v) is 3.62. The molecule has 0 atom stereocenters. The number of carboxylic acid groups (broad SMARTS) is 1. The van der Waals surface area contributed by atoms with Crippen LogP contribution in [0.3, 0.4) is 0 Å². The van der Waals surface area contributed by atoms with Crippen LogP contribution in [-0.2, 0) is 0 Å². The Kier molecular flexibility index (Phi) is 5.60. The number of benzene rings is 1. The number of rotatable bonds is 3. The second-order valence-electron chi connectivity index (χ2n) is 2.35. The molecule has 0 aromatic heterocycles. The van der Waals surface area contributed by atoms with Gasteiger partial charge in [-0.3, -0.25) is 0 Å². The van der Waals surface area contributed by atoms with Crippen molar-refractivity contribution in [3.05, 3.63) is 23.8 Å². The van der Waals surface area contributed by atoms with E-state index in [1.807, 2.05) is 0 Å². The molecule has 0 saturated carbocycles. The van der Waals surface area contributed by atoms with Crippen LogP contribution < -0.4 is 44.1 Å². The van der Waals surface area contributed by atoms with E-state index in [1.165, 1.54) is 32.4 Å². The zero-order chi connectivity index (χ0) is 9.84. The predicted molar refractivity (Wildman–Crippen MR) is 43.9 cm³/mol. The third-order valence-electron chi connectivity index (χ3n) is 1.63. The average Bonchev–Trinajstić information content (AvgIpc) is 2.16. The van der Waals surface area contributed by atoms with Crippen LogP contribution in [0.25, 0.3) is 0 Å². The summed E-state index contributed by atoms with van der Waals surface area (Å²) in [6.07, 6.45) is 0. The molecule has 0 radical (unpaired) electrons. The Morgan fingerprint density at radius 2 is 1.93 bits per heavy atom. The quantitative estimate of drug-likeness (QED) is 0.495. The van der Waals surface area contributed by atoms with Crippen LogP contribution in [0.2, 0.25) is 0 Å². The molecule has 0 aliphatic carbocycles. The van der Waals surface area contributed by atoms with E-state index < -0.39 is 5.97 Å². The Balaban J connectivity index is 0.00000169. The van der Waals surface area contributed by atoms with Crippen LogP contribution in [0.4, 0.5) is 0 Å². The van der Waals surface area contributed by atoms with Crippen molar-refractivity contribution >= 4 is 5.97 Å². The summed E-state index contributed by atoms with van der Waals surface area (Å²) in [6, 6.07) is 4.41. The normalized spacial score (nSPS) is 8.71. The summed E-state index contributed by atoms with van der Waals surface area (Å²) >= 11 is 0. The van der Waals surface area contributed by atoms with Gasteiger partial charge in [0.15, 0.2) is 0 Å². The fourth-order valence-corrected chi connectivity index (χ4v) is 0.967. The molecule has 0 unspecified atom stereocenters. The summed E-state index contributed by atoms with van der Waals surface area (Å²) in [4.78, 5) is 10.5. The van der Waals surface area contributed by atoms with Crippen LogP contribution in [0.15, 0.2) is 18.2 Å². The minimum atomic E-state index is -1.26. The Morgan fingerprint density at radius 1 is 1.29 bits per heavy atom. The maximum atomic E-state index is 10.5. The third kappa shape index (κ3) is 2.90. The average molecular weight is 204 g/mol. The topological polar surface area (TPSA) is 58.6 Å². The summed E-state index contributed by atoms with van der Waals surface area (Å²) in [7, 11) is 2.88. The van der Waals surface area contributed by atoms with Crippen molar-refractivity contribution in [2.45, 2.75) is 0 Å². The number of aromatic carboxylic acids is 1. The fourth-order valence-electron chi connectivity index (χ4n) is 0.967. The number of hydrogen-bond donors (Lipinski definition) is 0. The Bertz CT molecular complexity index is 325. The Hall–Kier alpha value is -0.710. The summed E-state index contributed by atoms with van der Waals surface area (Å²) in [5, 5.41) is 10.5. The molecule has 0 fully saturated rings. The first-order valence-electron chi connectivity index (χ1n) is 3.62. The molecule has 14 heavy (non-hydrogen) atoms. The number of ether oxygens (including phenoxy) is 2. The Labute approximate surface area is 104 Å². The summed E-state index contributed by atoms with van der Waals surface area (Å²) < 4.78 is 9.75. The summed E-state index contributed by atoms with van der Waals surface area (Å²) in [5.41, 5.74) is 0.0169.